The first-order chi connectivity index (χ1) is 11.6. The van der Waals surface area contributed by atoms with Gasteiger partial charge >= 0.3 is 0 Å². The first kappa shape index (κ1) is 16.5. The third kappa shape index (κ3) is 3.42. The lowest BCUT2D eigenvalue weighted by Crippen LogP contribution is -2.29. The van der Waals surface area contributed by atoms with Gasteiger partial charge in [-0.05, 0) is 44.4 Å². The number of nitrogens with one attached hydrogen (secondary N) is 1. The molecule has 0 saturated carbocycles. The van der Waals surface area contributed by atoms with Crippen LogP contribution in [0.1, 0.15) is 48.6 Å². The summed E-state index contributed by atoms with van der Waals surface area (Å²) in [7, 11) is 0. The Balaban J connectivity index is 1.49. The first-order valence-electron chi connectivity index (χ1n) is 8.46. The predicted molar refractivity (Wildman–Crippen MR) is 90.9 cm³/mol. The number of carbonyl (C=O) groups is 1. The van der Waals surface area contributed by atoms with Gasteiger partial charge in [0, 0.05) is 13.0 Å². The van der Waals surface area contributed by atoms with Crippen molar-refractivity contribution in [3.8, 4) is 5.75 Å². The quantitative estimate of drug-likeness (QED) is 0.884. The summed E-state index contributed by atoms with van der Waals surface area (Å²) in [5.41, 5.74) is 2.30. The van der Waals surface area contributed by atoms with Crippen LogP contribution in [-0.4, -0.2) is 27.3 Å². The van der Waals surface area contributed by atoms with E-state index >= 15 is 0 Å². The fraction of sp³-hybridized carbons (Fsp3) is 0.500. The molecule has 1 aliphatic heterocycles. The molecule has 6 nitrogen and oxygen atoms in total. The van der Waals surface area contributed by atoms with Crippen LogP contribution in [0.25, 0.3) is 0 Å². The van der Waals surface area contributed by atoms with Crippen LogP contribution in [-0.2, 0) is 17.8 Å². The molecule has 1 aromatic carbocycles. The molecule has 0 saturated heterocycles. The van der Waals surface area contributed by atoms with Gasteiger partial charge in [0.2, 0.25) is 5.91 Å². The van der Waals surface area contributed by atoms with Crippen molar-refractivity contribution in [3.05, 3.63) is 41.0 Å². The lowest BCUT2D eigenvalue weighted by Gasteiger charge is -2.15. The van der Waals surface area contributed by atoms with Crippen LogP contribution in [0.3, 0.4) is 0 Å². The molecular weight excluding hydrogens is 304 g/mol. The van der Waals surface area contributed by atoms with Crippen LogP contribution in [0.15, 0.2) is 18.2 Å². The van der Waals surface area contributed by atoms with Gasteiger partial charge in [-0.3, -0.25) is 4.79 Å². The van der Waals surface area contributed by atoms with Crippen molar-refractivity contribution in [2.75, 3.05) is 6.61 Å². The third-order valence-electron chi connectivity index (χ3n) is 4.54. The molecule has 2 heterocycles. The van der Waals surface area contributed by atoms with Crippen LogP contribution < -0.4 is 10.1 Å². The summed E-state index contributed by atoms with van der Waals surface area (Å²) in [4.78, 5) is 12.1. The number of aryl methyl sites for hydroxylation is 2. The van der Waals surface area contributed by atoms with E-state index in [1.54, 1.807) is 0 Å². The van der Waals surface area contributed by atoms with Gasteiger partial charge in [-0.2, -0.15) is 0 Å². The van der Waals surface area contributed by atoms with E-state index in [-0.39, 0.29) is 11.9 Å². The Labute approximate surface area is 142 Å². The highest BCUT2D eigenvalue weighted by Crippen LogP contribution is 2.21. The summed E-state index contributed by atoms with van der Waals surface area (Å²) in [6, 6.07) is 5.80. The van der Waals surface area contributed by atoms with Gasteiger partial charge in [0.05, 0.1) is 19.1 Å². The molecule has 24 heavy (non-hydrogen) atoms. The largest absolute Gasteiger partial charge is 0.493 e. The van der Waals surface area contributed by atoms with Gasteiger partial charge in [0.15, 0.2) is 5.82 Å². The summed E-state index contributed by atoms with van der Waals surface area (Å²) in [5.74, 6) is 2.66. The van der Waals surface area contributed by atoms with Gasteiger partial charge in [-0.25, -0.2) is 0 Å². The van der Waals surface area contributed by atoms with Crippen molar-refractivity contribution in [2.24, 2.45) is 0 Å². The molecule has 1 atom stereocenters. The zero-order valence-corrected chi connectivity index (χ0v) is 14.5. The Hall–Kier alpha value is -2.37. The van der Waals surface area contributed by atoms with E-state index in [2.05, 4.69) is 20.1 Å². The minimum Gasteiger partial charge on any atom is -0.493 e. The zero-order valence-electron chi connectivity index (χ0n) is 14.5. The molecule has 3 rings (SSSR count). The fourth-order valence-electron chi connectivity index (χ4n) is 3.01. The molecule has 128 valence electrons. The summed E-state index contributed by atoms with van der Waals surface area (Å²) in [6.07, 6.45) is 2.39. The van der Waals surface area contributed by atoms with Crippen molar-refractivity contribution in [1.82, 2.24) is 20.1 Å². The number of rotatable bonds is 6. The van der Waals surface area contributed by atoms with Crippen LogP contribution >= 0.6 is 0 Å². The van der Waals surface area contributed by atoms with Gasteiger partial charge in [0.1, 0.15) is 11.6 Å². The number of benzene rings is 1. The van der Waals surface area contributed by atoms with E-state index in [9.17, 15) is 4.79 Å². The molecule has 0 spiro atoms. The maximum absolute atomic E-state index is 12.1. The first-order valence-corrected chi connectivity index (χ1v) is 8.46. The summed E-state index contributed by atoms with van der Waals surface area (Å²) in [6.45, 7) is 7.32. The molecule has 1 aliphatic rings. The SMILES string of the molecule is Cc1cccc(OCCC(=O)N[C@H](C)c2nnc3n2CCC3)c1C. The van der Waals surface area contributed by atoms with E-state index < -0.39 is 0 Å². The van der Waals surface area contributed by atoms with E-state index in [1.165, 1.54) is 5.56 Å². The lowest BCUT2D eigenvalue weighted by molar-refractivity contribution is -0.122. The number of aromatic nitrogens is 3. The van der Waals surface area contributed by atoms with Gasteiger partial charge < -0.3 is 14.6 Å². The van der Waals surface area contributed by atoms with Crippen LogP contribution in [0.5, 0.6) is 5.75 Å². The highest BCUT2D eigenvalue weighted by atomic mass is 16.5. The minimum absolute atomic E-state index is 0.0387. The number of nitrogens with zero attached hydrogens (tertiary/aromatic N) is 3. The number of hydrogen-bond acceptors (Lipinski definition) is 4. The Morgan fingerprint density at radius 3 is 3.04 bits per heavy atom. The number of carbonyl (C=O) groups excluding carboxylic acids is 1. The summed E-state index contributed by atoms with van der Waals surface area (Å²) in [5, 5.41) is 11.4. The molecule has 2 aromatic rings. The van der Waals surface area contributed by atoms with E-state index in [0.29, 0.717) is 13.0 Å². The monoisotopic (exact) mass is 328 g/mol. The van der Waals surface area contributed by atoms with Gasteiger partial charge in [-0.1, -0.05) is 12.1 Å². The van der Waals surface area contributed by atoms with Gasteiger partial charge in [0.25, 0.3) is 0 Å². The maximum Gasteiger partial charge on any atom is 0.224 e. The minimum atomic E-state index is -0.141. The topological polar surface area (TPSA) is 69.0 Å². The van der Waals surface area contributed by atoms with E-state index in [0.717, 1.165) is 42.3 Å². The molecule has 0 radical (unpaired) electrons. The standard InChI is InChI=1S/C18H24N4O2/c1-12-6-4-7-15(13(12)2)24-11-9-17(23)19-14(3)18-21-20-16-8-5-10-22(16)18/h4,6-7,14H,5,8-11H2,1-3H3,(H,19,23)/t14-/m1/s1. The Morgan fingerprint density at radius 2 is 2.21 bits per heavy atom. The highest BCUT2D eigenvalue weighted by Gasteiger charge is 2.22. The van der Waals surface area contributed by atoms with Crippen molar-refractivity contribution in [3.63, 3.8) is 0 Å². The predicted octanol–water partition coefficient (Wildman–Crippen LogP) is 2.49. The summed E-state index contributed by atoms with van der Waals surface area (Å²) < 4.78 is 7.85. The smallest absolute Gasteiger partial charge is 0.224 e. The molecule has 0 aliphatic carbocycles. The normalized spacial score (nSPS) is 14.3. The second-order valence-corrected chi connectivity index (χ2v) is 6.32. The van der Waals surface area contributed by atoms with Gasteiger partial charge in [-0.15, -0.1) is 10.2 Å². The van der Waals surface area contributed by atoms with Crippen LogP contribution in [0.2, 0.25) is 0 Å². The van der Waals surface area contributed by atoms with Crippen molar-refractivity contribution in [2.45, 2.75) is 52.6 Å². The number of amides is 1. The number of ether oxygens (including phenoxy) is 1. The molecule has 0 bridgehead atoms. The maximum atomic E-state index is 12.1. The van der Waals surface area contributed by atoms with E-state index in [4.69, 9.17) is 4.74 Å². The summed E-state index contributed by atoms with van der Waals surface area (Å²) >= 11 is 0. The average Bonchev–Trinajstić information content (AvgIpc) is 3.14. The average molecular weight is 328 g/mol. The Kier molecular flexibility index (Phi) is 4.83. The zero-order chi connectivity index (χ0) is 17.1. The fourth-order valence-corrected chi connectivity index (χ4v) is 3.01. The molecule has 1 N–H and O–H groups in total. The molecule has 6 heteroatoms. The third-order valence-corrected chi connectivity index (χ3v) is 4.54. The van der Waals surface area contributed by atoms with E-state index in [1.807, 2.05) is 39.0 Å². The molecule has 0 fully saturated rings. The molecule has 1 aromatic heterocycles. The Bertz CT molecular complexity index is 739. The number of hydrogen-bond donors (Lipinski definition) is 1. The molecule has 0 unspecified atom stereocenters. The molecule has 1 amide bonds. The second-order valence-electron chi connectivity index (χ2n) is 6.32. The van der Waals surface area contributed by atoms with Crippen LogP contribution in [0, 0.1) is 13.8 Å². The lowest BCUT2D eigenvalue weighted by atomic mass is 10.1. The van der Waals surface area contributed by atoms with Crippen LogP contribution in [0.4, 0.5) is 0 Å². The highest BCUT2D eigenvalue weighted by molar-refractivity contribution is 5.76. The number of fused-ring (bicyclic) bond motifs is 1. The molecular formula is C18H24N4O2. The second kappa shape index (κ2) is 7.03. The van der Waals surface area contributed by atoms with Crippen molar-refractivity contribution in [1.29, 1.82) is 0 Å². The van der Waals surface area contributed by atoms with Crippen molar-refractivity contribution >= 4 is 5.91 Å². The Morgan fingerprint density at radius 1 is 1.38 bits per heavy atom. The van der Waals surface area contributed by atoms with Crippen molar-refractivity contribution < 1.29 is 9.53 Å².